The first-order chi connectivity index (χ1) is 10.1. The molecule has 1 aromatic carbocycles. The molecule has 21 heavy (non-hydrogen) atoms. The Balaban J connectivity index is 1.83. The second-order valence-corrected chi connectivity index (χ2v) is 5.70. The van der Waals surface area contributed by atoms with Gasteiger partial charge in [-0.1, -0.05) is 12.1 Å². The van der Waals surface area contributed by atoms with Crippen molar-refractivity contribution in [1.82, 2.24) is 10.4 Å². The first-order valence-corrected chi connectivity index (χ1v) is 7.51. The lowest BCUT2D eigenvalue weighted by molar-refractivity contribution is -0.0813. The quantitative estimate of drug-likeness (QED) is 0.875. The van der Waals surface area contributed by atoms with Gasteiger partial charge in [-0.2, -0.15) is 0 Å². The van der Waals surface area contributed by atoms with Crippen molar-refractivity contribution >= 4 is 5.57 Å². The van der Waals surface area contributed by atoms with Crippen molar-refractivity contribution in [2.45, 2.75) is 39.3 Å². The Labute approximate surface area is 125 Å². The molecule has 1 fully saturated rings. The number of benzene rings is 1. The third kappa shape index (κ3) is 2.90. The lowest BCUT2D eigenvalue weighted by atomic mass is 9.96. The van der Waals surface area contributed by atoms with Gasteiger partial charge in [0.05, 0.1) is 0 Å². The minimum atomic E-state index is 0.116. The number of rotatable bonds is 2. The van der Waals surface area contributed by atoms with Gasteiger partial charge in [-0.15, -0.1) is 0 Å². The molecule has 4 nitrogen and oxygen atoms in total. The van der Waals surface area contributed by atoms with Crippen LogP contribution in [0.1, 0.15) is 38.7 Å². The van der Waals surface area contributed by atoms with Crippen LogP contribution in [0.5, 0.6) is 5.75 Å². The summed E-state index contributed by atoms with van der Waals surface area (Å²) in [6, 6.07) is 7.33. The molecule has 1 aromatic rings. The number of allylic oxidation sites excluding steroid dienone is 3. The molecular formula is C17H22N2O2. The van der Waals surface area contributed by atoms with Gasteiger partial charge in [0, 0.05) is 24.1 Å². The van der Waals surface area contributed by atoms with E-state index in [4.69, 9.17) is 4.74 Å². The molecule has 2 heterocycles. The summed E-state index contributed by atoms with van der Waals surface area (Å²) >= 11 is 0. The molecular weight excluding hydrogens is 264 g/mol. The second kappa shape index (κ2) is 5.82. The van der Waals surface area contributed by atoms with Crippen molar-refractivity contribution in [3.05, 3.63) is 47.3 Å². The zero-order valence-electron chi connectivity index (χ0n) is 12.6. The van der Waals surface area contributed by atoms with Crippen molar-refractivity contribution in [3.8, 4) is 5.75 Å². The molecule has 4 heteroatoms. The topological polar surface area (TPSA) is 44.7 Å². The number of aromatic hydroxyl groups is 1. The fraction of sp³-hybridized carbons (Fsp3) is 0.412. The van der Waals surface area contributed by atoms with E-state index in [1.807, 2.05) is 12.1 Å². The van der Waals surface area contributed by atoms with Crippen LogP contribution in [0.2, 0.25) is 0 Å². The number of phenolic OH excluding ortho intramolecular Hbond substituents is 1. The number of nitrogens with one attached hydrogen (secondary N) is 1. The summed E-state index contributed by atoms with van der Waals surface area (Å²) in [4.78, 5) is 0. The maximum atomic E-state index is 9.43. The fourth-order valence-electron chi connectivity index (χ4n) is 3.02. The monoisotopic (exact) mass is 286 g/mol. The largest absolute Gasteiger partial charge is 0.508 e. The van der Waals surface area contributed by atoms with E-state index in [0.717, 1.165) is 30.7 Å². The molecule has 1 unspecified atom stereocenters. The van der Waals surface area contributed by atoms with Crippen LogP contribution in [0.15, 0.2) is 41.7 Å². The van der Waals surface area contributed by atoms with Gasteiger partial charge in [0.25, 0.3) is 0 Å². The first-order valence-electron chi connectivity index (χ1n) is 7.51. The van der Waals surface area contributed by atoms with Crippen LogP contribution in [-0.4, -0.2) is 23.0 Å². The number of hydrogen-bond acceptors (Lipinski definition) is 4. The van der Waals surface area contributed by atoms with E-state index < -0.39 is 0 Å². The van der Waals surface area contributed by atoms with Crippen molar-refractivity contribution in [1.29, 1.82) is 0 Å². The molecule has 0 aromatic heterocycles. The second-order valence-electron chi connectivity index (χ2n) is 5.70. The minimum Gasteiger partial charge on any atom is -0.508 e. The Hall–Kier alpha value is -1.94. The summed E-state index contributed by atoms with van der Waals surface area (Å²) in [5, 5.41) is 11.5. The summed E-state index contributed by atoms with van der Waals surface area (Å²) in [7, 11) is 0. The Morgan fingerprint density at radius 3 is 2.57 bits per heavy atom. The van der Waals surface area contributed by atoms with Gasteiger partial charge in [-0.3, -0.25) is 5.01 Å². The molecule has 1 saturated heterocycles. The van der Waals surface area contributed by atoms with Crippen molar-refractivity contribution < 1.29 is 9.84 Å². The molecule has 0 radical (unpaired) electrons. The average molecular weight is 286 g/mol. The van der Waals surface area contributed by atoms with Gasteiger partial charge in [-0.25, -0.2) is 0 Å². The lowest BCUT2D eigenvalue weighted by Crippen LogP contribution is -2.45. The van der Waals surface area contributed by atoms with E-state index in [1.165, 1.54) is 17.6 Å². The van der Waals surface area contributed by atoms with E-state index in [0.29, 0.717) is 5.75 Å². The number of phenols is 1. The zero-order chi connectivity index (χ0) is 14.8. The van der Waals surface area contributed by atoms with E-state index in [1.54, 1.807) is 12.1 Å². The predicted octanol–water partition coefficient (Wildman–Crippen LogP) is 3.37. The van der Waals surface area contributed by atoms with Crippen LogP contribution >= 0.6 is 0 Å². The lowest BCUT2D eigenvalue weighted by Gasteiger charge is -2.37. The molecule has 0 bridgehead atoms. The standard InChI is InChI=1S/C17H22N2O2/c1-12-11-19(16-5-3-4-10-21-16)18-13(2)17(12)14-6-8-15(20)9-7-14/h6-9,11,16,18,20H,3-5,10H2,1-2H3. The van der Waals surface area contributed by atoms with Crippen molar-refractivity contribution in [2.24, 2.45) is 0 Å². The van der Waals surface area contributed by atoms with Crippen LogP contribution in [0.3, 0.4) is 0 Å². The Bertz CT molecular complexity index is 569. The molecule has 0 amide bonds. The van der Waals surface area contributed by atoms with E-state index >= 15 is 0 Å². The molecule has 112 valence electrons. The number of ether oxygens (including phenoxy) is 1. The third-order valence-electron chi connectivity index (χ3n) is 4.02. The van der Waals surface area contributed by atoms with Crippen molar-refractivity contribution in [3.63, 3.8) is 0 Å². The average Bonchev–Trinajstić information content (AvgIpc) is 2.49. The molecule has 0 aliphatic carbocycles. The number of hydrazine groups is 1. The summed E-state index contributed by atoms with van der Waals surface area (Å²) in [5.74, 6) is 0.291. The van der Waals surface area contributed by atoms with Gasteiger partial charge in [0.15, 0.2) is 0 Å². The van der Waals surface area contributed by atoms with Gasteiger partial charge in [0.2, 0.25) is 0 Å². The van der Waals surface area contributed by atoms with E-state index in [9.17, 15) is 5.11 Å². The van der Waals surface area contributed by atoms with Crippen LogP contribution < -0.4 is 5.43 Å². The summed E-state index contributed by atoms with van der Waals surface area (Å²) in [6.45, 7) is 5.03. The van der Waals surface area contributed by atoms with Crippen molar-refractivity contribution in [2.75, 3.05) is 6.61 Å². The highest BCUT2D eigenvalue weighted by molar-refractivity contribution is 5.81. The van der Waals surface area contributed by atoms with E-state index in [-0.39, 0.29) is 6.23 Å². The first kappa shape index (κ1) is 14.0. The normalized spacial score (nSPS) is 22.9. The fourth-order valence-corrected chi connectivity index (χ4v) is 3.02. The number of hydrogen-bond donors (Lipinski definition) is 2. The molecule has 1 atom stereocenters. The van der Waals surface area contributed by atoms with Gasteiger partial charge in [-0.05, 0) is 56.4 Å². The highest BCUT2D eigenvalue weighted by Crippen LogP contribution is 2.31. The Morgan fingerprint density at radius 1 is 1.19 bits per heavy atom. The molecule has 0 spiro atoms. The predicted molar refractivity (Wildman–Crippen MR) is 83.0 cm³/mol. The Kier molecular flexibility index (Phi) is 3.88. The smallest absolute Gasteiger partial charge is 0.147 e. The summed E-state index contributed by atoms with van der Waals surface area (Å²) < 4.78 is 5.83. The molecule has 2 N–H and O–H groups in total. The van der Waals surface area contributed by atoms with E-state index in [2.05, 4.69) is 30.5 Å². The van der Waals surface area contributed by atoms with Crippen LogP contribution in [0.25, 0.3) is 5.57 Å². The third-order valence-corrected chi connectivity index (χ3v) is 4.02. The zero-order valence-corrected chi connectivity index (χ0v) is 12.6. The molecule has 2 aliphatic rings. The Morgan fingerprint density at radius 2 is 1.95 bits per heavy atom. The van der Waals surface area contributed by atoms with Crippen LogP contribution in [0.4, 0.5) is 0 Å². The summed E-state index contributed by atoms with van der Waals surface area (Å²) in [6.07, 6.45) is 5.65. The number of nitrogens with zero attached hydrogens (tertiary/aromatic N) is 1. The van der Waals surface area contributed by atoms with Crippen LogP contribution in [-0.2, 0) is 4.74 Å². The summed E-state index contributed by atoms with van der Waals surface area (Å²) in [5.41, 5.74) is 8.02. The van der Waals surface area contributed by atoms with Gasteiger partial charge < -0.3 is 15.3 Å². The highest BCUT2D eigenvalue weighted by atomic mass is 16.5. The minimum absolute atomic E-state index is 0.116. The van der Waals surface area contributed by atoms with Crippen LogP contribution in [0, 0.1) is 0 Å². The molecule has 3 rings (SSSR count). The van der Waals surface area contributed by atoms with Gasteiger partial charge >= 0.3 is 0 Å². The highest BCUT2D eigenvalue weighted by Gasteiger charge is 2.24. The molecule has 0 saturated carbocycles. The SMILES string of the molecule is CC1=CN(C2CCCCO2)NC(C)=C1c1ccc(O)cc1. The molecule has 2 aliphatic heterocycles. The van der Waals surface area contributed by atoms with Gasteiger partial charge in [0.1, 0.15) is 12.0 Å². The maximum Gasteiger partial charge on any atom is 0.147 e. The maximum absolute atomic E-state index is 9.43.